The fraction of sp³-hybridized carbons (Fsp3) is 0.906. The van der Waals surface area contributed by atoms with Crippen molar-refractivity contribution >= 4 is 69.7 Å². The first-order chi connectivity index (χ1) is 37.0. The van der Waals surface area contributed by atoms with Crippen molar-refractivity contribution in [2.45, 2.75) is 153 Å². The van der Waals surface area contributed by atoms with Crippen LogP contribution in [-0.4, -0.2) is 304 Å². The van der Waals surface area contributed by atoms with E-state index in [1.807, 2.05) is 0 Å². The Kier molecular flexibility index (Phi) is 22.9. The maximum absolute atomic E-state index is 13.1. The minimum atomic E-state index is -5.99. The number of aliphatic carboxylic acids is 2. The molecule has 472 valence electrons. The number of methoxy groups -OCH3 is 1. The summed E-state index contributed by atoms with van der Waals surface area (Å²) < 4.78 is 241. The molecule has 0 aromatic carbocycles. The molecule has 0 radical (unpaired) electrons. The highest BCUT2D eigenvalue weighted by atomic mass is 32.3. The lowest BCUT2D eigenvalue weighted by molar-refractivity contribution is -0.371. The summed E-state index contributed by atoms with van der Waals surface area (Å²) in [4.78, 5) is 38.0. The highest BCUT2D eigenvalue weighted by molar-refractivity contribution is 7.81. The van der Waals surface area contributed by atoms with Crippen LogP contribution in [0.3, 0.4) is 0 Å². The van der Waals surface area contributed by atoms with Crippen molar-refractivity contribution in [3.05, 3.63) is 0 Å². The Balaban J connectivity index is 1.50. The monoisotopic (exact) mass is 1300 g/mol. The Bertz CT molecular complexity index is 2780. The number of hydrogen-bond donors (Lipinski definition) is 16. The Morgan fingerprint density at radius 2 is 0.815 bits per heavy atom. The third-order valence-electron chi connectivity index (χ3n) is 11.9. The quantitative estimate of drug-likeness (QED) is 0.0298. The van der Waals surface area contributed by atoms with Crippen molar-refractivity contribution in [2.75, 3.05) is 26.9 Å². The van der Waals surface area contributed by atoms with E-state index in [1.54, 1.807) is 0 Å². The van der Waals surface area contributed by atoms with E-state index in [0.717, 1.165) is 7.11 Å². The molecule has 0 aromatic heterocycles. The van der Waals surface area contributed by atoms with Gasteiger partial charge in [-0.3, -0.25) is 27.6 Å². The van der Waals surface area contributed by atoms with Crippen molar-refractivity contribution < 1.29 is 188 Å². The van der Waals surface area contributed by atoms with E-state index in [0.29, 0.717) is 0 Å². The molecule has 0 aliphatic carbocycles. The maximum Gasteiger partial charge on any atom is 0.397 e. The van der Waals surface area contributed by atoms with Gasteiger partial charge < -0.3 is 105 Å². The number of carboxylic acid groups (broad SMARTS) is 2. The van der Waals surface area contributed by atoms with Gasteiger partial charge in [-0.15, -0.1) is 0 Å². The van der Waals surface area contributed by atoms with E-state index in [2.05, 4.69) is 20.9 Å². The van der Waals surface area contributed by atoms with Crippen LogP contribution in [0.15, 0.2) is 0 Å². The van der Waals surface area contributed by atoms with Gasteiger partial charge in [-0.25, -0.2) is 30.5 Å². The number of aliphatic hydroxyl groups excluding tert-OH is 6. The van der Waals surface area contributed by atoms with E-state index >= 15 is 0 Å². The Labute approximate surface area is 454 Å². The van der Waals surface area contributed by atoms with Gasteiger partial charge in [0.2, 0.25) is 0 Å². The zero-order valence-corrected chi connectivity index (χ0v) is 44.2. The maximum atomic E-state index is 13.1. The first kappa shape index (κ1) is 69.0. The molecule has 0 bridgehead atoms. The second-order valence-electron chi connectivity index (χ2n) is 17.4. The summed E-state index contributed by atoms with van der Waals surface area (Å²) in [6.07, 6.45) is -55.4. The fourth-order valence-electron chi connectivity index (χ4n) is 8.32. The van der Waals surface area contributed by atoms with Crippen LogP contribution in [0.1, 0.15) is 0 Å². The molecule has 49 heteroatoms. The molecule has 0 amide bonds. The standard InChI is InChI=1S/C32H53N3O41S5/c1-62-28-9(34)13(38)18(6(67-28)3-64-78(50,51)52)69-32-24(76-81(59,60)61)16(41)22(25(74-32)27(45)46)72-30-10(35)20(75-80(56,57)58)19(7(68-30)4-65-79(53,54)55)70-31-15(40)14(39)21(23(73-31)17(42)26(43)44)71-29-8(33)12(37)11(36)5(66-29)2-63-77(47,48)49/h5-16,18-25,28-32,36-41H,2-4,33-35H2,1H3,(H,43,44)(H,45,46)(H,47,48,49)(H,50,51,52)(H,53,54,55)(H,56,57,58)(H,59,60,61)/t5?,6?,7?,8?,9?,10?,11-,12-,13-,14?,15+,16+,18-,19-,20-,21+,22+,23?,24?,25?,28+,29-,30-,31-,32-/m1/s1. The largest absolute Gasteiger partial charge is 0.479 e. The van der Waals surface area contributed by atoms with E-state index < -0.39 is 243 Å². The van der Waals surface area contributed by atoms with E-state index in [-0.39, 0.29) is 0 Å². The molecule has 5 saturated heterocycles. The van der Waals surface area contributed by atoms with Gasteiger partial charge in [-0.2, -0.15) is 42.1 Å². The molecule has 5 rings (SSSR count). The second kappa shape index (κ2) is 26.9. The number of nitrogens with two attached hydrogens (primary N) is 3. The normalized spacial score (nSPS) is 41.3. The summed E-state index contributed by atoms with van der Waals surface area (Å²) >= 11 is 0. The number of hydrogen-bond acceptors (Lipinski definition) is 37. The van der Waals surface area contributed by atoms with Crippen LogP contribution in [0.25, 0.3) is 0 Å². The zero-order chi connectivity index (χ0) is 61.4. The lowest BCUT2D eigenvalue weighted by Crippen LogP contribution is -2.70. The van der Waals surface area contributed by atoms with Crippen LogP contribution in [0.4, 0.5) is 0 Å². The number of Topliss-reactive ketones (excluding diaryl/α,β-unsaturated/α-hetero) is 1. The van der Waals surface area contributed by atoms with Crippen LogP contribution < -0.4 is 17.2 Å². The van der Waals surface area contributed by atoms with Gasteiger partial charge in [-0.1, -0.05) is 0 Å². The number of aliphatic hydroxyl groups is 6. The van der Waals surface area contributed by atoms with Crippen molar-refractivity contribution in [3.8, 4) is 0 Å². The summed E-state index contributed by atoms with van der Waals surface area (Å²) in [5.41, 5.74) is 17.9. The summed E-state index contributed by atoms with van der Waals surface area (Å²) in [6, 6.07) is -6.25. The Hall–Kier alpha value is -2.80. The lowest BCUT2D eigenvalue weighted by Gasteiger charge is -2.50. The van der Waals surface area contributed by atoms with Crippen LogP contribution >= 0.6 is 0 Å². The number of ether oxygens (including phenoxy) is 10. The number of ketones is 1. The fourth-order valence-corrected chi connectivity index (χ4v) is 10.2. The first-order valence-corrected chi connectivity index (χ1v) is 28.8. The summed E-state index contributed by atoms with van der Waals surface area (Å²) in [5.74, 6) is -6.81. The van der Waals surface area contributed by atoms with Gasteiger partial charge in [0.05, 0.1) is 37.9 Å². The van der Waals surface area contributed by atoms with Crippen LogP contribution in [0.5, 0.6) is 0 Å². The second-order valence-corrected chi connectivity index (χ2v) is 22.8. The molecule has 10 unspecified atom stereocenters. The third-order valence-corrected chi connectivity index (χ3v) is 14.2. The lowest BCUT2D eigenvalue weighted by atomic mass is 9.93. The molecule has 5 aliphatic rings. The highest BCUT2D eigenvalue weighted by Crippen LogP contribution is 2.38. The molecule has 25 atom stereocenters. The smallest absolute Gasteiger partial charge is 0.397 e. The molecule has 0 aromatic rings. The van der Waals surface area contributed by atoms with E-state index in [9.17, 15) is 111 Å². The predicted octanol–water partition coefficient (Wildman–Crippen LogP) is -12.5. The number of carboxylic acids is 2. The van der Waals surface area contributed by atoms with Gasteiger partial charge >= 0.3 is 63.9 Å². The Morgan fingerprint density at radius 1 is 0.407 bits per heavy atom. The summed E-state index contributed by atoms with van der Waals surface area (Å²) in [5, 5.41) is 86.2. The molecule has 44 nitrogen and oxygen atoms in total. The average molecular weight is 1300 g/mol. The minimum absolute atomic E-state index is 0.975. The number of carbonyl (C=O) groups excluding carboxylic acids is 1. The van der Waals surface area contributed by atoms with Crippen molar-refractivity contribution in [1.29, 1.82) is 0 Å². The Morgan fingerprint density at radius 3 is 1.30 bits per heavy atom. The number of rotatable bonds is 25. The van der Waals surface area contributed by atoms with Crippen molar-refractivity contribution in [1.82, 2.24) is 0 Å². The van der Waals surface area contributed by atoms with Gasteiger partial charge in [0.15, 0.2) is 49.8 Å². The molecule has 0 spiro atoms. The zero-order valence-electron chi connectivity index (χ0n) is 40.1. The van der Waals surface area contributed by atoms with Gasteiger partial charge in [0.25, 0.3) is 5.78 Å². The molecule has 5 fully saturated rings. The van der Waals surface area contributed by atoms with E-state index in [1.165, 1.54) is 0 Å². The molecular weight excluding hydrogens is 1240 g/mol. The van der Waals surface area contributed by atoms with Crippen molar-refractivity contribution in [3.63, 3.8) is 0 Å². The number of carbonyl (C=O) groups is 3. The van der Waals surface area contributed by atoms with Gasteiger partial charge in [0.1, 0.15) is 85.5 Å². The molecule has 0 saturated carbocycles. The molecule has 5 heterocycles. The molecule has 81 heavy (non-hydrogen) atoms. The highest BCUT2D eigenvalue weighted by Gasteiger charge is 2.60. The topological polar surface area (TPSA) is 701 Å². The third kappa shape index (κ3) is 18.1. The molecular formula is C32H53N3O41S5. The van der Waals surface area contributed by atoms with Crippen molar-refractivity contribution in [2.24, 2.45) is 17.2 Å². The molecule has 19 N–H and O–H groups in total. The SMILES string of the molecule is CO[C@H]1OC(COS(=O)(=O)O)[C@@H](O[C@@H]2OC(C(=O)O)[C@@H](O[C@H]3OC(COS(=O)(=O)O)[C@@H](O[C@@H]4OC(C(=O)C(=O)O)[C@@H](O[C@H]5OC(COS(=O)(=O)O)[C@@H](O)[C@H](O)C5N)C(O)[C@@H]4O)[C@H](OS(=O)(=O)O)C3N)[C@H](O)C2OS(=O)(=O)O)[C@H](O)C1N. The van der Waals surface area contributed by atoms with Crippen LogP contribution in [0, 0.1) is 0 Å². The van der Waals surface area contributed by atoms with Gasteiger partial charge in [0, 0.05) is 7.11 Å². The van der Waals surface area contributed by atoms with Crippen LogP contribution in [0.2, 0.25) is 0 Å². The summed E-state index contributed by atoms with van der Waals surface area (Å²) in [7, 11) is -27.2. The van der Waals surface area contributed by atoms with Crippen LogP contribution in [-0.2, 0) is 135 Å². The first-order valence-electron chi connectivity index (χ1n) is 22.0. The van der Waals surface area contributed by atoms with Gasteiger partial charge in [-0.05, 0) is 0 Å². The average Bonchev–Trinajstić information content (AvgIpc) is 3.33. The predicted molar refractivity (Wildman–Crippen MR) is 235 cm³/mol. The molecule has 5 aliphatic heterocycles. The van der Waals surface area contributed by atoms with E-state index in [4.69, 9.17) is 73.7 Å². The minimum Gasteiger partial charge on any atom is -0.479 e. The summed E-state index contributed by atoms with van der Waals surface area (Å²) in [6.45, 7) is -4.33.